The first-order chi connectivity index (χ1) is 4.73. The Bertz CT molecular complexity index is 166. The normalized spacial score (nSPS) is 42.2. The maximum absolute atomic E-state index is 6.00. The van der Waals surface area contributed by atoms with Crippen LogP contribution >= 0.6 is 0 Å². The third-order valence-corrected chi connectivity index (χ3v) is 3.01. The molecule has 2 N–H and O–H groups in total. The first kappa shape index (κ1) is 6.41. The summed E-state index contributed by atoms with van der Waals surface area (Å²) in [5.74, 6) is 0.850. The van der Waals surface area contributed by atoms with Gasteiger partial charge in [0.1, 0.15) is 0 Å². The second kappa shape index (κ2) is 1.85. The molecule has 10 heavy (non-hydrogen) atoms. The van der Waals surface area contributed by atoms with Gasteiger partial charge in [-0.3, -0.25) is 0 Å². The molecule has 0 aromatic rings. The Morgan fingerprint density at radius 1 is 1.50 bits per heavy atom. The molecular formula is C9H15N. The Kier molecular flexibility index (Phi) is 1.19. The highest BCUT2D eigenvalue weighted by atomic mass is 14.7. The van der Waals surface area contributed by atoms with Gasteiger partial charge in [-0.25, -0.2) is 0 Å². The van der Waals surface area contributed by atoms with E-state index in [1.807, 2.05) is 0 Å². The van der Waals surface area contributed by atoms with Crippen LogP contribution in [-0.4, -0.2) is 6.04 Å². The predicted octanol–water partition coefficient (Wildman–Crippen LogP) is 1.69. The highest BCUT2D eigenvalue weighted by molar-refractivity contribution is 5.30. The highest BCUT2D eigenvalue weighted by Gasteiger charge is 2.43. The van der Waals surface area contributed by atoms with Gasteiger partial charge in [0, 0.05) is 11.5 Å². The predicted molar refractivity (Wildman–Crippen MR) is 42.6 cm³/mol. The van der Waals surface area contributed by atoms with Crippen molar-refractivity contribution in [1.82, 2.24) is 0 Å². The third kappa shape index (κ3) is 0.807. The molecule has 0 saturated heterocycles. The van der Waals surface area contributed by atoms with E-state index in [1.165, 1.54) is 19.3 Å². The lowest BCUT2D eigenvalue weighted by Crippen LogP contribution is -2.38. The van der Waals surface area contributed by atoms with Crippen molar-refractivity contribution < 1.29 is 0 Å². The first-order valence-electron chi connectivity index (χ1n) is 4.19. The maximum Gasteiger partial charge on any atom is 0.0213 e. The van der Waals surface area contributed by atoms with E-state index in [2.05, 4.69) is 19.1 Å². The van der Waals surface area contributed by atoms with Crippen molar-refractivity contribution in [2.75, 3.05) is 0 Å². The van der Waals surface area contributed by atoms with Gasteiger partial charge in [-0.05, 0) is 25.2 Å². The van der Waals surface area contributed by atoms with Crippen molar-refractivity contribution >= 4 is 0 Å². The first-order valence-corrected chi connectivity index (χ1v) is 4.19. The molecule has 0 amide bonds. The van der Waals surface area contributed by atoms with Gasteiger partial charge in [0.2, 0.25) is 0 Å². The van der Waals surface area contributed by atoms with E-state index in [0.717, 1.165) is 5.92 Å². The number of hydrogen-bond donors (Lipinski definition) is 1. The molecule has 1 saturated carbocycles. The lowest BCUT2D eigenvalue weighted by molar-refractivity contribution is 0.254. The molecular weight excluding hydrogens is 122 g/mol. The summed E-state index contributed by atoms with van der Waals surface area (Å²) < 4.78 is 0. The van der Waals surface area contributed by atoms with E-state index in [0.29, 0.717) is 11.5 Å². The minimum Gasteiger partial charge on any atom is -0.327 e. The summed E-state index contributed by atoms with van der Waals surface area (Å²) >= 11 is 0. The Labute approximate surface area is 62.3 Å². The zero-order chi connectivity index (χ0) is 7.19. The molecule has 0 aliphatic heterocycles. The topological polar surface area (TPSA) is 26.0 Å². The standard InChI is InChI=1S/C9H15N/c1-7-2-3-9(4-5-9)8(10)6-7/h4-5,7-8H,2-3,6,10H2,1H3/t7-,8+/m0/s1. The SMILES string of the molecule is C[C@H]1CCC2(C=C2)[C@H](N)C1. The lowest BCUT2D eigenvalue weighted by atomic mass is 9.76. The maximum atomic E-state index is 6.00. The van der Waals surface area contributed by atoms with E-state index >= 15 is 0 Å². The molecule has 2 aliphatic carbocycles. The van der Waals surface area contributed by atoms with E-state index in [1.54, 1.807) is 0 Å². The van der Waals surface area contributed by atoms with Crippen LogP contribution in [0.4, 0.5) is 0 Å². The van der Waals surface area contributed by atoms with Crippen molar-refractivity contribution in [3.63, 3.8) is 0 Å². The van der Waals surface area contributed by atoms with E-state index in [-0.39, 0.29) is 0 Å². The van der Waals surface area contributed by atoms with E-state index < -0.39 is 0 Å². The second-order valence-electron chi connectivity index (χ2n) is 3.93. The fourth-order valence-corrected chi connectivity index (χ4v) is 1.97. The summed E-state index contributed by atoms with van der Waals surface area (Å²) in [7, 11) is 0. The van der Waals surface area contributed by atoms with Crippen LogP contribution in [0.1, 0.15) is 26.2 Å². The molecule has 0 radical (unpaired) electrons. The number of nitrogens with two attached hydrogens (primary N) is 1. The Balaban J connectivity index is 2.01. The van der Waals surface area contributed by atoms with Gasteiger partial charge in [0.15, 0.2) is 0 Å². The fourth-order valence-electron chi connectivity index (χ4n) is 1.97. The van der Waals surface area contributed by atoms with Crippen LogP contribution in [-0.2, 0) is 0 Å². The molecule has 1 spiro atoms. The van der Waals surface area contributed by atoms with Gasteiger partial charge in [-0.15, -0.1) is 0 Å². The Hall–Kier alpha value is -0.300. The van der Waals surface area contributed by atoms with Crippen molar-refractivity contribution in [2.24, 2.45) is 17.1 Å². The summed E-state index contributed by atoms with van der Waals surface area (Å²) in [4.78, 5) is 0. The summed E-state index contributed by atoms with van der Waals surface area (Å²) in [6.07, 6.45) is 8.44. The Morgan fingerprint density at radius 3 is 2.70 bits per heavy atom. The van der Waals surface area contributed by atoms with Gasteiger partial charge in [-0.1, -0.05) is 19.1 Å². The molecule has 2 rings (SSSR count). The molecule has 1 nitrogen and oxygen atoms in total. The summed E-state index contributed by atoms with van der Waals surface area (Å²) in [6.45, 7) is 2.30. The van der Waals surface area contributed by atoms with Gasteiger partial charge >= 0.3 is 0 Å². The highest BCUT2D eigenvalue weighted by Crippen LogP contribution is 2.48. The van der Waals surface area contributed by atoms with Crippen molar-refractivity contribution in [2.45, 2.75) is 32.2 Å². The van der Waals surface area contributed by atoms with Crippen molar-refractivity contribution in [1.29, 1.82) is 0 Å². The van der Waals surface area contributed by atoms with Gasteiger partial charge < -0.3 is 5.73 Å². The molecule has 56 valence electrons. The van der Waals surface area contributed by atoms with Crippen LogP contribution in [0.5, 0.6) is 0 Å². The van der Waals surface area contributed by atoms with E-state index in [4.69, 9.17) is 5.73 Å². The van der Waals surface area contributed by atoms with Crippen LogP contribution in [0.2, 0.25) is 0 Å². The lowest BCUT2D eigenvalue weighted by Gasteiger charge is -2.32. The molecule has 0 heterocycles. The van der Waals surface area contributed by atoms with Crippen molar-refractivity contribution in [3.05, 3.63) is 12.2 Å². The Morgan fingerprint density at radius 2 is 2.20 bits per heavy atom. The second-order valence-corrected chi connectivity index (χ2v) is 3.93. The van der Waals surface area contributed by atoms with E-state index in [9.17, 15) is 0 Å². The quantitative estimate of drug-likeness (QED) is 0.505. The molecule has 2 atom stereocenters. The van der Waals surface area contributed by atoms with Crippen molar-refractivity contribution in [3.8, 4) is 0 Å². The van der Waals surface area contributed by atoms with Crippen LogP contribution < -0.4 is 5.73 Å². The minimum absolute atomic E-state index is 0.395. The molecule has 0 bridgehead atoms. The van der Waals surface area contributed by atoms with Crippen LogP contribution in [0, 0.1) is 11.3 Å². The molecule has 1 fully saturated rings. The average Bonchev–Trinajstić information content (AvgIpc) is 2.62. The monoisotopic (exact) mass is 137 g/mol. The molecule has 0 aromatic carbocycles. The zero-order valence-electron chi connectivity index (χ0n) is 6.51. The summed E-state index contributed by atoms with van der Waals surface area (Å²) in [5.41, 5.74) is 6.40. The molecule has 1 heteroatoms. The largest absolute Gasteiger partial charge is 0.327 e. The summed E-state index contributed by atoms with van der Waals surface area (Å²) in [5, 5.41) is 0. The van der Waals surface area contributed by atoms with Gasteiger partial charge in [0.05, 0.1) is 0 Å². The van der Waals surface area contributed by atoms with Gasteiger partial charge in [0.25, 0.3) is 0 Å². The minimum atomic E-state index is 0.395. The molecule has 0 unspecified atom stereocenters. The summed E-state index contributed by atoms with van der Waals surface area (Å²) in [6, 6.07) is 0.427. The number of rotatable bonds is 0. The van der Waals surface area contributed by atoms with Crippen LogP contribution in [0.3, 0.4) is 0 Å². The van der Waals surface area contributed by atoms with Crippen LogP contribution in [0.25, 0.3) is 0 Å². The third-order valence-electron chi connectivity index (χ3n) is 3.01. The average molecular weight is 137 g/mol. The molecule has 0 aromatic heterocycles. The fraction of sp³-hybridized carbons (Fsp3) is 0.778. The smallest absolute Gasteiger partial charge is 0.0213 e. The van der Waals surface area contributed by atoms with Gasteiger partial charge in [-0.2, -0.15) is 0 Å². The molecule has 2 aliphatic rings. The number of hydrogen-bond acceptors (Lipinski definition) is 1. The van der Waals surface area contributed by atoms with Crippen LogP contribution in [0.15, 0.2) is 12.2 Å². The zero-order valence-corrected chi connectivity index (χ0v) is 6.51.